The van der Waals surface area contributed by atoms with Gasteiger partial charge in [-0.3, -0.25) is 0 Å². The monoisotopic (exact) mass is 666 g/mol. The third-order valence-electron chi connectivity index (χ3n) is 10.9. The van der Waals surface area contributed by atoms with Crippen molar-refractivity contribution in [3.63, 3.8) is 0 Å². The van der Waals surface area contributed by atoms with Crippen LogP contribution >= 0.6 is 11.3 Å². The number of fused-ring (bicyclic) bond motifs is 14. The van der Waals surface area contributed by atoms with Crippen molar-refractivity contribution in [3.8, 4) is 22.3 Å². The van der Waals surface area contributed by atoms with Crippen LogP contribution in [0.15, 0.2) is 167 Å². The first-order chi connectivity index (χ1) is 25.3. The molecular weight excluding hydrogens is 641 g/mol. The number of hydrogen-bond acceptors (Lipinski definition) is 3. The minimum Gasteiger partial charge on any atom is -0.456 e. The second-order valence-corrected chi connectivity index (χ2v) is 14.6. The maximum atomic E-state index is 6.88. The summed E-state index contributed by atoms with van der Waals surface area (Å²) in [5, 5.41) is 14.3. The Kier molecular flexibility index (Phi) is 5.41. The van der Waals surface area contributed by atoms with Crippen molar-refractivity contribution in [2.45, 2.75) is 0 Å². The van der Waals surface area contributed by atoms with Crippen LogP contribution in [0, 0.1) is 0 Å². The van der Waals surface area contributed by atoms with Crippen molar-refractivity contribution >= 4 is 108 Å². The molecule has 3 aromatic heterocycles. The highest BCUT2D eigenvalue weighted by atomic mass is 32.1. The van der Waals surface area contributed by atoms with Crippen LogP contribution in [-0.4, -0.2) is 0 Å². The van der Waals surface area contributed by atoms with E-state index in [4.69, 9.17) is 8.83 Å². The molecule has 3 heteroatoms. The standard InChI is InChI=1S/C48H26O2S/c1-2-11-29-27(10-1)21-24-38-46(29)47-39(49-38)25-23-35-30-22-20-28(26-40(30)50-48(35)47)43-31-12-3-5-14-33(31)44(34-15-6-4-13-32(34)43)37-17-9-19-42-45(37)36-16-7-8-18-41(36)51-42/h1-26H. The normalized spacial score (nSPS) is 12.3. The van der Waals surface area contributed by atoms with Gasteiger partial charge in [0.15, 0.2) is 0 Å². The first kappa shape index (κ1) is 27.4. The maximum Gasteiger partial charge on any atom is 0.147 e. The number of thiophene rings is 1. The van der Waals surface area contributed by atoms with Crippen molar-refractivity contribution in [2.75, 3.05) is 0 Å². The van der Waals surface area contributed by atoms with Crippen molar-refractivity contribution in [1.82, 2.24) is 0 Å². The molecular formula is C48H26O2S. The summed E-state index contributed by atoms with van der Waals surface area (Å²) in [7, 11) is 0. The molecule has 12 rings (SSSR count). The Labute approximate surface area is 295 Å². The molecule has 2 nitrogen and oxygen atoms in total. The predicted octanol–water partition coefficient (Wildman–Crippen LogP) is 14.6. The Morgan fingerprint density at radius 3 is 1.78 bits per heavy atom. The first-order valence-corrected chi connectivity index (χ1v) is 18.2. The number of hydrogen-bond donors (Lipinski definition) is 0. The smallest absolute Gasteiger partial charge is 0.147 e. The average molecular weight is 667 g/mol. The van der Waals surface area contributed by atoms with Crippen molar-refractivity contribution in [2.24, 2.45) is 0 Å². The quantitative estimate of drug-likeness (QED) is 0.172. The first-order valence-electron chi connectivity index (χ1n) is 17.3. The summed E-state index contributed by atoms with van der Waals surface area (Å²) in [4.78, 5) is 0. The second-order valence-electron chi connectivity index (χ2n) is 13.5. The van der Waals surface area contributed by atoms with Gasteiger partial charge in [0.05, 0.1) is 5.39 Å². The fourth-order valence-electron chi connectivity index (χ4n) is 8.72. The highest BCUT2D eigenvalue weighted by molar-refractivity contribution is 7.26. The highest BCUT2D eigenvalue weighted by Gasteiger charge is 2.22. The molecule has 12 aromatic rings. The third kappa shape index (κ3) is 3.71. The molecule has 0 aliphatic rings. The van der Waals surface area contributed by atoms with E-state index in [2.05, 4.69) is 158 Å². The van der Waals surface area contributed by atoms with Crippen LogP contribution in [0.2, 0.25) is 0 Å². The minimum absolute atomic E-state index is 0.842. The molecule has 0 unspecified atom stereocenters. The van der Waals surface area contributed by atoms with Crippen LogP contribution < -0.4 is 0 Å². The van der Waals surface area contributed by atoms with E-state index in [9.17, 15) is 0 Å². The molecule has 0 spiro atoms. The fraction of sp³-hybridized carbons (Fsp3) is 0. The van der Waals surface area contributed by atoms with E-state index >= 15 is 0 Å². The van der Waals surface area contributed by atoms with Crippen LogP contribution in [0.25, 0.3) is 119 Å². The van der Waals surface area contributed by atoms with Crippen molar-refractivity contribution < 1.29 is 8.83 Å². The van der Waals surface area contributed by atoms with Crippen LogP contribution in [0.5, 0.6) is 0 Å². The third-order valence-corrected chi connectivity index (χ3v) is 12.0. The minimum atomic E-state index is 0.842. The maximum absolute atomic E-state index is 6.88. The molecule has 0 N–H and O–H groups in total. The van der Waals surface area contributed by atoms with Crippen molar-refractivity contribution in [1.29, 1.82) is 0 Å². The Bertz CT molecular complexity index is 3370. The van der Waals surface area contributed by atoms with E-state index in [0.717, 1.165) is 49.4 Å². The van der Waals surface area contributed by atoms with Crippen LogP contribution in [0.4, 0.5) is 0 Å². The lowest BCUT2D eigenvalue weighted by atomic mass is 9.85. The molecule has 0 radical (unpaired) electrons. The molecule has 0 atom stereocenters. The van der Waals surface area contributed by atoms with Crippen LogP contribution in [0.1, 0.15) is 0 Å². The zero-order valence-corrected chi connectivity index (χ0v) is 28.1. The average Bonchev–Trinajstić information content (AvgIpc) is 3.88. The molecule has 0 saturated heterocycles. The van der Waals surface area contributed by atoms with Gasteiger partial charge in [-0.1, -0.05) is 115 Å². The van der Waals surface area contributed by atoms with Gasteiger partial charge in [-0.25, -0.2) is 0 Å². The molecule has 51 heavy (non-hydrogen) atoms. The summed E-state index contributed by atoms with van der Waals surface area (Å²) in [5.74, 6) is 0. The van der Waals surface area contributed by atoms with Gasteiger partial charge >= 0.3 is 0 Å². The number of rotatable bonds is 2. The topological polar surface area (TPSA) is 26.3 Å². The molecule has 0 fully saturated rings. The summed E-state index contributed by atoms with van der Waals surface area (Å²) >= 11 is 1.87. The van der Waals surface area contributed by atoms with Crippen molar-refractivity contribution in [3.05, 3.63) is 158 Å². The van der Waals surface area contributed by atoms with Gasteiger partial charge in [-0.05, 0) is 97.0 Å². The Hall–Kier alpha value is -6.42. The Balaban J connectivity index is 1.15. The molecule has 9 aromatic carbocycles. The van der Waals surface area contributed by atoms with Gasteiger partial charge in [-0.2, -0.15) is 0 Å². The summed E-state index contributed by atoms with van der Waals surface area (Å²) in [6.45, 7) is 0. The molecule has 0 bridgehead atoms. The highest BCUT2D eigenvalue weighted by Crippen LogP contribution is 2.49. The second kappa shape index (κ2) is 10.1. The predicted molar refractivity (Wildman–Crippen MR) is 217 cm³/mol. The van der Waals surface area contributed by atoms with Gasteiger partial charge in [0, 0.05) is 36.3 Å². The molecule has 0 aliphatic carbocycles. The van der Waals surface area contributed by atoms with E-state index < -0.39 is 0 Å². The molecule has 236 valence electrons. The van der Waals surface area contributed by atoms with E-state index in [1.54, 1.807) is 0 Å². The summed E-state index contributed by atoms with van der Waals surface area (Å²) in [6, 6.07) is 57.0. The van der Waals surface area contributed by atoms with Gasteiger partial charge in [0.1, 0.15) is 22.3 Å². The fourth-order valence-corrected chi connectivity index (χ4v) is 9.86. The van der Waals surface area contributed by atoms with Gasteiger partial charge in [0.2, 0.25) is 0 Å². The summed E-state index contributed by atoms with van der Waals surface area (Å²) in [5.41, 5.74) is 8.38. The van der Waals surface area contributed by atoms with Gasteiger partial charge < -0.3 is 8.83 Å². The number of benzene rings is 9. The lowest BCUT2D eigenvalue weighted by Gasteiger charge is -2.18. The van der Waals surface area contributed by atoms with E-state index in [0.29, 0.717) is 0 Å². The largest absolute Gasteiger partial charge is 0.456 e. The zero-order chi connectivity index (χ0) is 33.2. The summed E-state index contributed by atoms with van der Waals surface area (Å²) in [6.07, 6.45) is 0. The van der Waals surface area contributed by atoms with Gasteiger partial charge in [0.25, 0.3) is 0 Å². The molecule has 3 heterocycles. The Morgan fingerprint density at radius 2 is 0.980 bits per heavy atom. The van der Waals surface area contributed by atoms with Gasteiger partial charge in [-0.15, -0.1) is 11.3 Å². The lowest BCUT2D eigenvalue weighted by Crippen LogP contribution is -1.91. The SMILES string of the molecule is c1ccc2c(c1)ccc1oc3ccc4c5ccc(-c6c7ccccc7c(-c7cccc8sc9ccccc9c78)c7ccccc67)cc5oc4c3c12. The molecule has 0 aliphatic heterocycles. The van der Waals surface area contributed by atoms with Crippen LogP contribution in [-0.2, 0) is 0 Å². The molecule has 0 saturated carbocycles. The zero-order valence-electron chi connectivity index (χ0n) is 27.2. The van der Waals surface area contributed by atoms with E-state index in [1.807, 2.05) is 11.3 Å². The number of furan rings is 2. The molecule has 0 amide bonds. The Morgan fingerprint density at radius 1 is 0.353 bits per heavy atom. The lowest BCUT2D eigenvalue weighted by molar-refractivity contribution is 0.663. The van der Waals surface area contributed by atoms with Crippen LogP contribution in [0.3, 0.4) is 0 Å². The van der Waals surface area contributed by atoms with E-state index in [-0.39, 0.29) is 0 Å². The summed E-state index contributed by atoms with van der Waals surface area (Å²) < 4.78 is 15.9. The van der Waals surface area contributed by atoms with E-state index in [1.165, 1.54) is 69.2 Å².